The molecule has 41 nitrogen and oxygen atoms in total. The zero-order valence-electron chi connectivity index (χ0n) is 79.0. The summed E-state index contributed by atoms with van der Waals surface area (Å²) in [6.45, 7) is 13.3. The number of aliphatic hydroxyl groups excluding tert-OH is 3. The predicted molar refractivity (Wildman–Crippen MR) is 531 cm³/mol. The average molecular weight is 1920 g/mol. The lowest BCUT2D eigenvalue weighted by molar-refractivity contribution is -0.147. The number of nitrogens with one attached hydrogen (secondary N) is 5. The van der Waals surface area contributed by atoms with E-state index in [1.807, 2.05) is 54.6 Å². The molecule has 20 rings (SSSR count). The highest BCUT2D eigenvalue weighted by Gasteiger charge is 2.40. The van der Waals surface area contributed by atoms with Crippen LogP contribution in [0, 0.1) is 5.41 Å². The van der Waals surface area contributed by atoms with Crippen molar-refractivity contribution >= 4 is 80.8 Å². The van der Waals surface area contributed by atoms with Crippen LogP contribution in [0.3, 0.4) is 0 Å². The Morgan fingerprint density at radius 1 is 0.387 bits per heavy atom. The van der Waals surface area contributed by atoms with Crippen LogP contribution in [0.4, 0.5) is 23.3 Å². The van der Waals surface area contributed by atoms with Gasteiger partial charge < -0.3 is 78.4 Å². The molecule has 4 aliphatic rings. The first-order valence-electron chi connectivity index (χ1n) is 46.6. The van der Waals surface area contributed by atoms with Gasteiger partial charge in [0.2, 0.25) is 28.5 Å². The van der Waals surface area contributed by atoms with Crippen molar-refractivity contribution in [3.05, 3.63) is 248 Å². The van der Waals surface area contributed by atoms with Crippen LogP contribution in [0.25, 0.3) is 112 Å². The second-order valence-corrected chi connectivity index (χ2v) is 35.8. The molecule has 142 heavy (non-hydrogen) atoms. The summed E-state index contributed by atoms with van der Waals surface area (Å²) in [5, 5.41) is 53.3. The molecule has 4 fully saturated rings. The van der Waals surface area contributed by atoms with Gasteiger partial charge in [-0.3, -0.25) is 63.1 Å². The van der Waals surface area contributed by atoms with Gasteiger partial charge in [0.15, 0.2) is 45.7 Å². The maximum atomic E-state index is 12.9. The van der Waals surface area contributed by atoms with Gasteiger partial charge in [-0.1, -0.05) is 24.3 Å². The molecule has 0 spiro atoms. The van der Waals surface area contributed by atoms with E-state index < -0.39 is 24.7 Å². The van der Waals surface area contributed by atoms with Crippen molar-refractivity contribution in [2.45, 2.75) is 123 Å². The number of rotatable bonds is 21. The van der Waals surface area contributed by atoms with Crippen LogP contribution in [0.15, 0.2) is 186 Å². The molecular formula is C101H106N28O13. The lowest BCUT2D eigenvalue weighted by atomic mass is 9.86. The van der Waals surface area contributed by atoms with Crippen molar-refractivity contribution in [2.24, 2.45) is 5.41 Å². The van der Waals surface area contributed by atoms with Crippen LogP contribution in [0.2, 0.25) is 0 Å². The van der Waals surface area contributed by atoms with Gasteiger partial charge in [-0.15, -0.1) is 0 Å². The molecule has 16 aromatic rings. The molecule has 0 radical (unpaired) electrons. The number of aliphatic hydroxyl groups is 3. The number of hydrogen-bond acceptors (Lipinski definition) is 32. The molecule has 41 heteroatoms. The number of piperidine rings is 4. The second-order valence-electron chi connectivity index (χ2n) is 35.8. The molecule has 728 valence electrons. The Bertz CT molecular complexity index is 7590. The molecule has 2 amide bonds. The van der Waals surface area contributed by atoms with Crippen molar-refractivity contribution < 1.29 is 48.8 Å². The number of anilines is 4. The minimum Gasteiger partial charge on any atom is -0.481 e. The molecule has 4 saturated heterocycles. The first-order valence-corrected chi connectivity index (χ1v) is 46.6. The normalized spacial score (nSPS) is 14.7. The highest BCUT2D eigenvalue weighted by atomic mass is 16.5. The number of methoxy groups -OCH3 is 1. The fourth-order valence-corrected chi connectivity index (χ4v) is 18.6. The van der Waals surface area contributed by atoms with E-state index in [0.29, 0.717) is 148 Å². The van der Waals surface area contributed by atoms with E-state index in [1.54, 1.807) is 120 Å². The predicted octanol–water partition coefficient (Wildman–Crippen LogP) is 9.16. The van der Waals surface area contributed by atoms with E-state index in [9.17, 15) is 58.5 Å². The quantitative estimate of drug-likeness (QED) is 0.0298. The van der Waals surface area contributed by atoms with Crippen LogP contribution >= 0.6 is 0 Å². The number of pyridine rings is 8. The van der Waals surface area contributed by atoms with Gasteiger partial charge in [0, 0.05) is 190 Å². The number of carbonyl (C=O) groups is 6. The number of hydrogen-bond donors (Lipinski definition) is 12. The molecule has 0 aromatic carbocycles. The standard InChI is InChI=1S/C28H31N7O5.C26H27N7O4.C24H25N7O2.C23H23N7O2/c1-16(38)23-24(17-7-9-34(10-8-17)27(40)28(2,14-36)15-37)33-26-20(13-32-35(26)25(23)29)18-3-5-21(30-11-18)19-4-6-22(39)31-12-19;1-14(34)22-23(16-7-9-32(10-8-16)26(37)15(2)35)31-25-19(13-30-33(25)24(22)27)17-3-5-20(28-11-17)18-4-6-21(36)29-12-18;1-14(32)21-22(15-7-9-26-10-8-15)30-24-18(13-29-31(24)23(21)25)16-3-5-19(27-11-16)17-4-6-20(33-2)28-12-17;1-13(31)20-21(14-6-8-25-9-7-14)29-23-17(12-28-30(23)22(20)24)15-2-4-18(26-10-15)16-3-5-19(32)27-11-16/h3-6,11-13,17,36-37H,7-10,14-15,29H2,1-2H3,(H,31,39);3-6,11-13,15-16,35H,7-10,27H2,1-2H3,(H,29,36);3-6,11-13,15,26H,7-10,25H2,1-2H3;2-5,10-12,14,25H,6-9,24H2,1H3,(H,27,32)/t;15-;;/m.1../s1. The molecule has 20 heterocycles. The van der Waals surface area contributed by atoms with Crippen molar-refractivity contribution in [2.75, 3.05) is 95.6 Å². The molecule has 0 unspecified atom stereocenters. The monoisotopic (exact) mass is 1920 g/mol. The minimum absolute atomic E-state index is 0.0762. The van der Waals surface area contributed by atoms with Crippen LogP contribution in [0.1, 0.15) is 181 Å². The number of aromatic amines is 3. The van der Waals surface area contributed by atoms with Gasteiger partial charge in [0.05, 0.1) is 118 Å². The van der Waals surface area contributed by atoms with Crippen molar-refractivity contribution in [3.8, 4) is 95.4 Å². The summed E-state index contributed by atoms with van der Waals surface area (Å²) in [6.07, 6.45) is 25.1. The number of aromatic nitrogens is 20. The van der Waals surface area contributed by atoms with Gasteiger partial charge in [0.25, 0.3) is 5.91 Å². The SMILES string of the molecule is CC(=O)c1c(C2CCN(C(=O)C(C)(CO)CO)CC2)nc2c(-c3ccc(-c4ccc(=O)[nH]c4)nc3)cnn2c1N.CC(=O)c1c(C2CCN(C(=O)[C@@H](C)O)CC2)nc2c(-c3ccc(-c4ccc(=O)[nH]c4)nc3)cnn2c1N.CC(=O)c1c(C2CCNCC2)nc2c(-c3ccc(-c4ccc(=O)[nH]c4)nc3)cnn2c1N.COc1ccc(-c2ccc(-c3cnn4c(N)c(C(C)=O)c(C5CCNCC5)nc34)cn2)cn1. The van der Waals surface area contributed by atoms with Crippen molar-refractivity contribution in [1.29, 1.82) is 0 Å². The molecule has 0 saturated carbocycles. The highest BCUT2D eigenvalue weighted by molar-refractivity contribution is 6.03. The van der Waals surface area contributed by atoms with E-state index in [0.717, 1.165) is 130 Å². The third-order valence-electron chi connectivity index (χ3n) is 26.4. The largest absolute Gasteiger partial charge is 0.481 e. The molecule has 16 N–H and O–H groups in total. The van der Waals surface area contributed by atoms with Crippen molar-refractivity contribution in [3.63, 3.8) is 0 Å². The number of nitrogens with zero attached hydrogens (tertiary/aromatic N) is 19. The molecule has 16 aromatic heterocycles. The molecule has 0 bridgehead atoms. The van der Waals surface area contributed by atoms with Crippen LogP contribution < -0.4 is 55.0 Å². The second kappa shape index (κ2) is 41.7. The molecule has 1 atom stereocenters. The Kier molecular flexibility index (Phi) is 28.5. The first kappa shape index (κ1) is 97.2. The van der Waals surface area contributed by atoms with Crippen molar-refractivity contribution in [1.82, 2.24) is 119 Å². The Labute approximate surface area is 810 Å². The number of ketones is 4. The summed E-state index contributed by atoms with van der Waals surface area (Å²) in [5.41, 5.74) is 42.9. The van der Waals surface area contributed by atoms with Crippen LogP contribution in [-0.4, -0.2) is 237 Å². The van der Waals surface area contributed by atoms with Gasteiger partial charge in [-0.05, 0) is 168 Å². The minimum atomic E-state index is -1.24. The van der Waals surface area contributed by atoms with E-state index >= 15 is 0 Å². The average Bonchev–Trinajstić information content (AvgIpc) is 1.58. The zero-order chi connectivity index (χ0) is 100. The van der Waals surface area contributed by atoms with Crippen LogP contribution in [-0.2, 0) is 9.59 Å². The van der Waals surface area contributed by atoms with Gasteiger partial charge in [-0.2, -0.15) is 38.5 Å². The summed E-state index contributed by atoms with van der Waals surface area (Å²) in [7, 11) is 1.59. The maximum absolute atomic E-state index is 12.9. The summed E-state index contributed by atoms with van der Waals surface area (Å²) in [6, 6.07) is 28.4. The fourth-order valence-electron chi connectivity index (χ4n) is 18.6. The number of amides is 2. The highest BCUT2D eigenvalue weighted by Crippen LogP contribution is 2.42. The number of likely N-dealkylation sites (tertiary alicyclic amines) is 2. The van der Waals surface area contributed by atoms with Crippen LogP contribution in [0.5, 0.6) is 5.88 Å². The summed E-state index contributed by atoms with van der Waals surface area (Å²) >= 11 is 0. The molecular weight excluding hydrogens is 1810 g/mol. The topological polar surface area (TPSA) is 591 Å². The van der Waals surface area contributed by atoms with Gasteiger partial charge >= 0.3 is 0 Å². The van der Waals surface area contributed by atoms with Gasteiger partial charge in [0.1, 0.15) is 29.4 Å². The number of H-pyrrole nitrogens is 3. The fraction of sp³-hybridized carbons (Fsp3) is 0.307. The maximum Gasteiger partial charge on any atom is 0.251 e. The summed E-state index contributed by atoms with van der Waals surface area (Å²) in [5.74, 6) is 0.552. The number of fused-ring (bicyclic) bond motifs is 4. The first-order chi connectivity index (χ1) is 68.5. The number of Topliss-reactive ketones (excluding diaryl/α,β-unsaturated/α-hetero) is 4. The van der Waals surface area contributed by atoms with E-state index in [4.69, 9.17) is 47.6 Å². The Hall–Kier alpha value is -16.5. The number of nitrogens with two attached hydrogens (primary N) is 4. The smallest absolute Gasteiger partial charge is 0.251 e. The summed E-state index contributed by atoms with van der Waals surface area (Å²) in [4.78, 5) is 163. The number of nitrogen functional groups attached to an aromatic ring is 4. The Balaban J connectivity index is 0.000000131. The molecule has 0 aliphatic carbocycles. The lowest BCUT2D eigenvalue weighted by Crippen LogP contribution is -2.49. The Morgan fingerprint density at radius 2 is 0.662 bits per heavy atom. The van der Waals surface area contributed by atoms with E-state index in [1.165, 1.54) is 73.3 Å². The number of ether oxygens (including phenoxy) is 1. The summed E-state index contributed by atoms with van der Waals surface area (Å²) < 4.78 is 11.1. The third kappa shape index (κ3) is 19.9. The van der Waals surface area contributed by atoms with E-state index in [-0.39, 0.29) is 86.9 Å². The van der Waals surface area contributed by atoms with E-state index in [2.05, 4.69) is 70.9 Å². The number of carbonyl (C=O) groups excluding carboxylic acids is 6. The zero-order valence-corrected chi connectivity index (χ0v) is 79.0. The Morgan fingerprint density at radius 3 is 0.908 bits per heavy atom. The molecule has 4 aliphatic heterocycles. The lowest BCUT2D eigenvalue weighted by Gasteiger charge is -2.37. The third-order valence-corrected chi connectivity index (χ3v) is 26.4. The van der Waals surface area contributed by atoms with Gasteiger partial charge in [-0.25, -0.2) is 24.9 Å².